The van der Waals surface area contributed by atoms with Crippen LogP contribution in [0.4, 0.5) is 0 Å². The van der Waals surface area contributed by atoms with Crippen LogP contribution in [0, 0.1) is 5.92 Å². The SMILES string of the molecule is CC(C)C1(CCc2ccn[nH]2)CC(=O)CC(=O)O1. The quantitative estimate of drug-likeness (QED) is 0.651. The molecule has 1 N–H and O–H groups in total. The summed E-state index contributed by atoms with van der Waals surface area (Å²) in [4.78, 5) is 23.1. The first-order chi connectivity index (χ1) is 8.52. The van der Waals surface area contributed by atoms with Crippen molar-refractivity contribution in [3.8, 4) is 0 Å². The minimum atomic E-state index is -0.655. The van der Waals surface area contributed by atoms with Gasteiger partial charge in [-0.15, -0.1) is 0 Å². The summed E-state index contributed by atoms with van der Waals surface area (Å²) < 4.78 is 5.51. The highest BCUT2D eigenvalue weighted by atomic mass is 16.6. The number of ketones is 1. The Bertz CT molecular complexity index is 421. The van der Waals surface area contributed by atoms with Crippen molar-refractivity contribution in [2.75, 3.05) is 0 Å². The number of aryl methyl sites for hydroxylation is 1. The number of esters is 1. The zero-order valence-electron chi connectivity index (χ0n) is 10.7. The zero-order valence-corrected chi connectivity index (χ0v) is 10.7. The summed E-state index contributed by atoms with van der Waals surface area (Å²) in [6, 6.07) is 1.89. The van der Waals surface area contributed by atoms with Crippen molar-refractivity contribution in [3.05, 3.63) is 18.0 Å². The maximum absolute atomic E-state index is 11.6. The van der Waals surface area contributed by atoms with E-state index in [2.05, 4.69) is 10.2 Å². The molecule has 0 radical (unpaired) electrons. The van der Waals surface area contributed by atoms with E-state index < -0.39 is 11.6 Å². The van der Waals surface area contributed by atoms with Crippen LogP contribution >= 0.6 is 0 Å². The lowest BCUT2D eigenvalue weighted by molar-refractivity contribution is -0.177. The molecule has 5 heteroatoms. The molecule has 2 heterocycles. The smallest absolute Gasteiger partial charge is 0.313 e. The minimum Gasteiger partial charge on any atom is -0.458 e. The fraction of sp³-hybridized carbons (Fsp3) is 0.615. The molecular weight excluding hydrogens is 232 g/mol. The number of aromatic amines is 1. The molecule has 1 saturated heterocycles. The van der Waals surface area contributed by atoms with Crippen molar-refractivity contribution in [2.24, 2.45) is 5.92 Å². The van der Waals surface area contributed by atoms with Crippen molar-refractivity contribution in [3.63, 3.8) is 0 Å². The molecular formula is C13H18N2O3. The molecule has 18 heavy (non-hydrogen) atoms. The van der Waals surface area contributed by atoms with Crippen LogP contribution in [-0.4, -0.2) is 27.6 Å². The molecule has 1 atom stereocenters. The number of rotatable bonds is 4. The molecule has 1 fully saturated rings. The molecule has 98 valence electrons. The van der Waals surface area contributed by atoms with Gasteiger partial charge in [0.15, 0.2) is 0 Å². The Morgan fingerprint density at radius 1 is 1.50 bits per heavy atom. The first kappa shape index (κ1) is 12.8. The lowest BCUT2D eigenvalue weighted by Gasteiger charge is -2.39. The summed E-state index contributed by atoms with van der Waals surface area (Å²) in [7, 11) is 0. The Balaban J connectivity index is 2.11. The molecule has 1 aromatic rings. The summed E-state index contributed by atoms with van der Waals surface area (Å²) in [5.74, 6) is -0.303. The predicted molar refractivity (Wildman–Crippen MR) is 64.8 cm³/mol. The van der Waals surface area contributed by atoms with E-state index in [1.54, 1.807) is 6.20 Å². The Hall–Kier alpha value is -1.65. The molecule has 0 spiro atoms. The topological polar surface area (TPSA) is 72.0 Å². The first-order valence-corrected chi connectivity index (χ1v) is 6.24. The van der Waals surface area contributed by atoms with E-state index in [1.165, 1.54) is 0 Å². The van der Waals surface area contributed by atoms with Crippen molar-refractivity contribution in [1.29, 1.82) is 0 Å². The van der Waals surface area contributed by atoms with Gasteiger partial charge in [-0.2, -0.15) is 5.10 Å². The van der Waals surface area contributed by atoms with Gasteiger partial charge in [0.25, 0.3) is 0 Å². The fourth-order valence-corrected chi connectivity index (χ4v) is 2.38. The van der Waals surface area contributed by atoms with E-state index in [0.717, 1.165) is 12.1 Å². The maximum Gasteiger partial charge on any atom is 0.313 e. The Morgan fingerprint density at radius 2 is 2.28 bits per heavy atom. The van der Waals surface area contributed by atoms with Gasteiger partial charge in [-0.1, -0.05) is 13.8 Å². The number of cyclic esters (lactones) is 1. The van der Waals surface area contributed by atoms with E-state index in [-0.39, 0.29) is 18.1 Å². The number of carbonyl (C=O) groups excluding carboxylic acids is 2. The fourth-order valence-electron chi connectivity index (χ4n) is 2.38. The monoisotopic (exact) mass is 250 g/mol. The molecule has 5 nitrogen and oxygen atoms in total. The van der Waals surface area contributed by atoms with Gasteiger partial charge in [0.1, 0.15) is 17.8 Å². The van der Waals surface area contributed by atoms with Gasteiger partial charge >= 0.3 is 5.97 Å². The molecule has 1 aliphatic heterocycles. The Morgan fingerprint density at radius 3 is 2.83 bits per heavy atom. The summed E-state index contributed by atoms with van der Waals surface area (Å²) >= 11 is 0. The van der Waals surface area contributed by atoms with Crippen molar-refractivity contribution < 1.29 is 14.3 Å². The molecule has 1 aliphatic rings. The second-order valence-corrected chi connectivity index (χ2v) is 5.17. The lowest BCUT2D eigenvalue weighted by atomic mass is 9.79. The molecule has 0 aliphatic carbocycles. The van der Waals surface area contributed by atoms with Crippen molar-refractivity contribution in [2.45, 2.75) is 45.1 Å². The second-order valence-electron chi connectivity index (χ2n) is 5.17. The maximum atomic E-state index is 11.6. The first-order valence-electron chi connectivity index (χ1n) is 6.24. The van der Waals surface area contributed by atoms with Crippen molar-refractivity contribution >= 4 is 11.8 Å². The number of hydrogen-bond acceptors (Lipinski definition) is 4. The normalized spacial score (nSPS) is 24.4. The van der Waals surface area contributed by atoms with Crippen molar-refractivity contribution in [1.82, 2.24) is 10.2 Å². The van der Waals surface area contributed by atoms with Crippen LogP contribution in [-0.2, 0) is 20.7 Å². The molecule has 0 amide bonds. The number of carbonyl (C=O) groups is 2. The van der Waals surface area contributed by atoms with Gasteiger partial charge < -0.3 is 4.74 Å². The number of ether oxygens (including phenoxy) is 1. The number of hydrogen-bond donors (Lipinski definition) is 1. The number of aromatic nitrogens is 2. The highest BCUT2D eigenvalue weighted by Gasteiger charge is 2.43. The average Bonchev–Trinajstić information content (AvgIpc) is 2.77. The number of Topliss-reactive ketones (excluding diaryl/α,β-unsaturated/α-hetero) is 1. The standard InChI is InChI=1S/C13H18N2O3/c1-9(2)13(5-3-10-4-6-14-15-10)8-11(16)7-12(17)18-13/h4,6,9H,3,5,7-8H2,1-2H3,(H,14,15). The van der Waals surface area contributed by atoms with E-state index in [4.69, 9.17) is 4.74 Å². The second kappa shape index (κ2) is 4.92. The number of H-pyrrole nitrogens is 1. The van der Waals surface area contributed by atoms with Crippen LogP contribution in [0.15, 0.2) is 12.3 Å². The van der Waals surface area contributed by atoms with Crippen LogP contribution in [0.25, 0.3) is 0 Å². The summed E-state index contributed by atoms with van der Waals surface area (Å²) in [6.07, 6.45) is 3.29. The van der Waals surface area contributed by atoms with Gasteiger partial charge in [0, 0.05) is 18.3 Å². The van der Waals surface area contributed by atoms with E-state index in [1.807, 2.05) is 19.9 Å². The third kappa shape index (κ3) is 2.60. The molecule has 0 bridgehead atoms. The van der Waals surface area contributed by atoms with Crippen LogP contribution in [0.1, 0.15) is 38.8 Å². The van der Waals surface area contributed by atoms with E-state index in [9.17, 15) is 9.59 Å². The summed E-state index contributed by atoms with van der Waals surface area (Å²) in [5.41, 5.74) is 0.335. The summed E-state index contributed by atoms with van der Waals surface area (Å²) in [6.45, 7) is 3.97. The predicted octanol–water partition coefficient (Wildman–Crippen LogP) is 1.64. The highest BCUT2D eigenvalue weighted by molar-refractivity contribution is 5.98. The molecule has 1 unspecified atom stereocenters. The third-order valence-corrected chi connectivity index (χ3v) is 3.58. The molecule has 0 saturated carbocycles. The van der Waals surface area contributed by atoms with E-state index in [0.29, 0.717) is 12.8 Å². The average molecular weight is 250 g/mol. The lowest BCUT2D eigenvalue weighted by Crippen LogP contribution is -2.47. The molecule has 0 aromatic carbocycles. The third-order valence-electron chi connectivity index (χ3n) is 3.58. The van der Waals surface area contributed by atoms with Crippen LogP contribution < -0.4 is 0 Å². The van der Waals surface area contributed by atoms with Crippen LogP contribution in [0.5, 0.6) is 0 Å². The van der Waals surface area contributed by atoms with Crippen LogP contribution in [0.3, 0.4) is 0 Å². The van der Waals surface area contributed by atoms with Gasteiger partial charge in [-0.3, -0.25) is 14.7 Å². The molecule has 2 rings (SSSR count). The van der Waals surface area contributed by atoms with E-state index >= 15 is 0 Å². The number of nitrogens with zero attached hydrogens (tertiary/aromatic N) is 1. The summed E-state index contributed by atoms with van der Waals surface area (Å²) in [5, 5.41) is 6.76. The Kier molecular flexibility index (Phi) is 3.50. The van der Waals surface area contributed by atoms with Gasteiger partial charge in [0.2, 0.25) is 0 Å². The van der Waals surface area contributed by atoms with Gasteiger partial charge in [-0.05, 0) is 24.8 Å². The largest absolute Gasteiger partial charge is 0.458 e. The van der Waals surface area contributed by atoms with Crippen LogP contribution in [0.2, 0.25) is 0 Å². The minimum absolute atomic E-state index is 0.0236. The zero-order chi connectivity index (χ0) is 13.2. The van der Waals surface area contributed by atoms with Gasteiger partial charge in [-0.25, -0.2) is 0 Å². The molecule has 1 aromatic heterocycles. The highest BCUT2D eigenvalue weighted by Crippen LogP contribution is 2.35. The Labute approximate surface area is 106 Å². The van der Waals surface area contributed by atoms with Gasteiger partial charge in [0.05, 0.1) is 0 Å². The number of nitrogens with one attached hydrogen (secondary N) is 1.